The van der Waals surface area contributed by atoms with Gasteiger partial charge in [-0.1, -0.05) is 12.2 Å². The Kier molecular flexibility index (Phi) is 1.89. The van der Waals surface area contributed by atoms with Gasteiger partial charge in [-0.15, -0.1) is 0 Å². The Morgan fingerprint density at radius 2 is 2.31 bits per heavy atom. The molecule has 0 amide bonds. The summed E-state index contributed by atoms with van der Waals surface area (Å²) in [4.78, 5) is 14.5. The van der Waals surface area contributed by atoms with E-state index >= 15 is 0 Å². The highest BCUT2D eigenvalue weighted by Crippen LogP contribution is 2.18. The van der Waals surface area contributed by atoms with E-state index in [0.717, 1.165) is 28.2 Å². The van der Waals surface area contributed by atoms with Crippen molar-refractivity contribution in [3.63, 3.8) is 0 Å². The number of H-pyrrole nitrogens is 1. The molecule has 1 aromatic rings. The second-order valence-electron chi connectivity index (χ2n) is 4.09. The molecule has 3 N–H and O–H groups in total. The third-order valence-corrected chi connectivity index (χ3v) is 3.15. The van der Waals surface area contributed by atoms with Gasteiger partial charge in [-0.3, -0.25) is 4.79 Å². The quantitative estimate of drug-likeness (QED) is 0.588. The summed E-state index contributed by atoms with van der Waals surface area (Å²) in [6, 6.07) is 0. The molecular formula is C12H12N2O2. The number of hydrogen-bond acceptors (Lipinski definition) is 2. The normalized spacial score (nSPS) is 21.1. The van der Waals surface area contributed by atoms with E-state index in [1.807, 2.05) is 18.4 Å². The zero-order valence-electron chi connectivity index (χ0n) is 8.66. The molecule has 2 heterocycles. The van der Waals surface area contributed by atoms with E-state index < -0.39 is 11.9 Å². The first-order valence-electron chi connectivity index (χ1n) is 5.31. The summed E-state index contributed by atoms with van der Waals surface area (Å²) in [6.07, 6.45) is 8.71. The largest absolute Gasteiger partial charge is 0.481 e. The zero-order chi connectivity index (χ0) is 11.1. The molecule has 0 bridgehead atoms. The van der Waals surface area contributed by atoms with E-state index in [2.05, 4.69) is 16.4 Å². The van der Waals surface area contributed by atoms with Crippen molar-refractivity contribution in [3.8, 4) is 0 Å². The van der Waals surface area contributed by atoms with Crippen LogP contribution in [0.3, 0.4) is 0 Å². The van der Waals surface area contributed by atoms with Gasteiger partial charge >= 0.3 is 5.97 Å². The monoisotopic (exact) mass is 216 g/mol. The predicted octanol–water partition coefficient (Wildman–Crippen LogP) is -0.583. The Hall–Kier alpha value is -1.97. The third-order valence-electron chi connectivity index (χ3n) is 3.15. The van der Waals surface area contributed by atoms with Gasteiger partial charge in [0.15, 0.2) is 0 Å². The molecule has 0 saturated heterocycles. The Bertz CT molecular complexity index is 595. The van der Waals surface area contributed by atoms with Gasteiger partial charge in [0.25, 0.3) is 0 Å². The molecule has 16 heavy (non-hydrogen) atoms. The average molecular weight is 216 g/mol. The van der Waals surface area contributed by atoms with Gasteiger partial charge in [-0.05, 0) is 23.6 Å². The van der Waals surface area contributed by atoms with Crippen LogP contribution in [0, 0.1) is 0 Å². The topological polar surface area (TPSA) is 65.1 Å². The number of aliphatic carboxylic acids is 1. The van der Waals surface area contributed by atoms with E-state index in [9.17, 15) is 9.90 Å². The van der Waals surface area contributed by atoms with Crippen LogP contribution in [-0.2, 0) is 11.2 Å². The van der Waals surface area contributed by atoms with Crippen LogP contribution in [0.4, 0.5) is 0 Å². The van der Waals surface area contributed by atoms with E-state index in [-0.39, 0.29) is 0 Å². The van der Waals surface area contributed by atoms with Gasteiger partial charge in [0.1, 0.15) is 5.92 Å². The van der Waals surface area contributed by atoms with Gasteiger partial charge in [-0.2, -0.15) is 0 Å². The summed E-state index contributed by atoms with van der Waals surface area (Å²) >= 11 is 0. The maximum absolute atomic E-state index is 11.2. The number of carboxylic acid groups (broad SMARTS) is 1. The van der Waals surface area contributed by atoms with Crippen LogP contribution in [0.5, 0.6) is 0 Å². The molecule has 2 aliphatic rings. The average Bonchev–Trinajstić information content (AvgIpc) is 2.66. The van der Waals surface area contributed by atoms with Gasteiger partial charge in [0.05, 0.1) is 5.35 Å². The number of fused-ring (bicyclic) bond motifs is 3. The lowest BCUT2D eigenvalue weighted by atomic mass is 9.92. The minimum atomic E-state index is -0.766. The molecule has 0 radical (unpaired) electrons. The molecule has 0 spiro atoms. The Morgan fingerprint density at radius 1 is 1.44 bits per heavy atom. The van der Waals surface area contributed by atoms with Crippen LogP contribution in [-0.4, -0.2) is 22.6 Å². The van der Waals surface area contributed by atoms with Crippen molar-refractivity contribution in [3.05, 3.63) is 34.0 Å². The molecule has 1 aliphatic carbocycles. The van der Waals surface area contributed by atoms with Crippen molar-refractivity contribution >= 4 is 18.2 Å². The number of aromatic amines is 1. The van der Waals surface area contributed by atoms with Crippen LogP contribution in [0.15, 0.2) is 12.2 Å². The molecule has 0 fully saturated rings. The molecule has 3 rings (SSSR count). The number of aromatic nitrogens is 1. The number of hydrogen-bond donors (Lipinski definition) is 3. The number of carboxylic acids is 1. The maximum atomic E-state index is 11.2. The molecule has 0 unspecified atom stereocenters. The first kappa shape index (κ1) is 9.27. The Labute approximate surface area is 92.0 Å². The van der Waals surface area contributed by atoms with E-state index in [4.69, 9.17) is 0 Å². The predicted molar refractivity (Wildman–Crippen MR) is 60.2 cm³/mol. The zero-order valence-corrected chi connectivity index (χ0v) is 8.66. The van der Waals surface area contributed by atoms with Crippen molar-refractivity contribution in [2.24, 2.45) is 0 Å². The second kappa shape index (κ2) is 3.27. The minimum absolute atomic E-state index is 0.445. The first-order chi connectivity index (χ1) is 7.77. The van der Waals surface area contributed by atoms with Gasteiger partial charge in [-0.25, -0.2) is 0 Å². The van der Waals surface area contributed by atoms with Crippen LogP contribution in [0.1, 0.15) is 17.0 Å². The highest BCUT2D eigenvalue weighted by molar-refractivity contribution is 5.78. The summed E-state index contributed by atoms with van der Waals surface area (Å²) in [7, 11) is 0. The van der Waals surface area contributed by atoms with Crippen LogP contribution in [0.25, 0.3) is 12.3 Å². The molecule has 1 aromatic heterocycles. The van der Waals surface area contributed by atoms with Crippen molar-refractivity contribution in [2.75, 3.05) is 6.54 Å². The summed E-state index contributed by atoms with van der Waals surface area (Å²) in [5.74, 6) is -1.21. The highest BCUT2D eigenvalue weighted by Gasteiger charge is 2.27. The molecule has 1 aliphatic heterocycles. The third kappa shape index (κ3) is 1.19. The Balaban J connectivity index is 2.28. The van der Waals surface area contributed by atoms with Crippen LogP contribution in [0.2, 0.25) is 0 Å². The fourth-order valence-corrected chi connectivity index (χ4v) is 2.41. The molecule has 82 valence electrons. The highest BCUT2D eigenvalue weighted by atomic mass is 16.4. The van der Waals surface area contributed by atoms with Crippen molar-refractivity contribution < 1.29 is 9.90 Å². The summed E-state index contributed by atoms with van der Waals surface area (Å²) in [5, 5.41) is 14.2. The fourth-order valence-electron chi connectivity index (χ4n) is 2.41. The standard InChI is InChI=1S/C12H12N2O2/c15-12(16)8-5-13-6-10-11(8)7-3-1-2-4-9(7)14-10/h1-2,4,6,8,13-14H,3,5H2,(H,15,16)/t8-/m1/s1. The SMILES string of the molecule is O=C(O)[C@@H]1CNC=c2[nH]c3c(c21)CC=CC=3. The number of nitrogens with one attached hydrogen (secondary N) is 2. The summed E-state index contributed by atoms with van der Waals surface area (Å²) in [5.41, 5.74) is 2.07. The first-order valence-corrected chi connectivity index (χ1v) is 5.31. The van der Waals surface area contributed by atoms with Crippen molar-refractivity contribution in [1.82, 2.24) is 10.3 Å². The lowest BCUT2D eigenvalue weighted by Crippen LogP contribution is -2.34. The number of carbonyl (C=O) groups is 1. The van der Waals surface area contributed by atoms with Gasteiger partial charge in [0, 0.05) is 18.1 Å². The second-order valence-corrected chi connectivity index (χ2v) is 4.09. The molecular weight excluding hydrogens is 204 g/mol. The lowest BCUT2D eigenvalue weighted by Gasteiger charge is -2.17. The van der Waals surface area contributed by atoms with Crippen LogP contribution < -0.4 is 16.0 Å². The van der Waals surface area contributed by atoms with Crippen molar-refractivity contribution in [2.45, 2.75) is 12.3 Å². The van der Waals surface area contributed by atoms with Gasteiger partial charge in [0.2, 0.25) is 0 Å². The summed E-state index contributed by atoms with van der Waals surface area (Å²) in [6.45, 7) is 0.469. The molecule has 4 nitrogen and oxygen atoms in total. The summed E-state index contributed by atoms with van der Waals surface area (Å²) < 4.78 is 0. The lowest BCUT2D eigenvalue weighted by molar-refractivity contribution is -0.138. The molecule has 0 saturated carbocycles. The smallest absolute Gasteiger partial charge is 0.312 e. The fraction of sp³-hybridized carbons (Fsp3) is 0.250. The number of allylic oxidation sites excluding steroid dienone is 2. The van der Waals surface area contributed by atoms with Crippen molar-refractivity contribution in [1.29, 1.82) is 0 Å². The molecule has 4 heteroatoms. The maximum Gasteiger partial charge on any atom is 0.312 e. The Morgan fingerprint density at radius 3 is 3.12 bits per heavy atom. The van der Waals surface area contributed by atoms with E-state index in [1.54, 1.807) is 0 Å². The minimum Gasteiger partial charge on any atom is -0.481 e. The molecule has 0 aromatic carbocycles. The number of rotatable bonds is 1. The van der Waals surface area contributed by atoms with E-state index in [1.165, 1.54) is 0 Å². The molecule has 1 atom stereocenters. The van der Waals surface area contributed by atoms with Crippen LogP contribution >= 0.6 is 0 Å². The van der Waals surface area contributed by atoms with E-state index in [0.29, 0.717) is 6.54 Å². The van der Waals surface area contributed by atoms with Gasteiger partial charge < -0.3 is 15.4 Å².